The van der Waals surface area contributed by atoms with Gasteiger partial charge in [0, 0.05) is 0 Å². The maximum atomic E-state index is 11.1. The van der Waals surface area contributed by atoms with Crippen LogP contribution in [0.25, 0.3) is 5.57 Å². The largest absolute Gasteiger partial charge is 0.283 e. The van der Waals surface area contributed by atoms with Crippen molar-refractivity contribution < 1.29 is 4.79 Å². The molecule has 0 fully saturated rings. The van der Waals surface area contributed by atoms with E-state index in [1.807, 2.05) is 30.3 Å². The molecule has 0 aliphatic heterocycles. The molecule has 0 bridgehead atoms. The molecule has 0 saturated heterocycles. The molecule has 0 radical (unpaired) electrons. The van der Waals surface area contributed by atoms with Gasteiger partial charge in [0.05, 0.1) is 0 Å². The van der Waals surface area contributed by atoms with Crippen LogP contribution in [-0.2, 0) is 4.79 Å². The van der Waals surface area contributed by atoms with Gasteiger partial charge in [0.2, 0.25) is 5.12 Å². The van der Waals surface area contributed by atoms with Crippen molar-refractivity contribution in [1.82, 2.24) is 0 Å². The Bertz CT molecular complexity index is 371. The van der Waals surface area contributed by atoms with E-state index in [0.717, 1.165) is 11.1 Å². The van der Waals surface area contributed by atoms with Gasteiger partial charge in [-0.3, -0.25) is 4.79 Å². The molecule has 1 nitrogen and oxygen atoms in total. The lowest BCUT2D eigenvalue weighted by molar-refractivity contribution is -0.106. The van der Waals surface area contributed by atoms with E-state index in [-0.39, 0.29) is 10.5 Å². The number of hydrogen-bond donors (Lipinski definition) is 1. The second-order valence-electron chi connectivity index (χ2n) is 4.51. The number of thiol groups is 1. The Morgan fingerprint density at radius 3 is 2.13 bits per heavy atom. The van der Waals surface area contributed by atoms with Gasteiger partial charge >= 0.3 is 0 Å². The van der Waals surface area contributed by atoms with Crippen LogP contribution in [0.3, 0.4) is 0 Å². The molecule has 0 saturated carbocycles. The summed E-state index contributed by atoms with van der Waals surface area (Å²) in [5.41, 5.74) is 2.04. The minimum Gasteiger partial charge on any atom is -0.283 e. The molecule has 1 aromatic carbocycles. The van der Waals surface area contributed by atoms with Gasteiger partial charge in [-0.05, 0) is 22.6 Å². The smallest absolute Gasteiger partial charge is 0.209 e. The zero-order valence-corrected chi connectivity index (χ0v) is 10.2. The van der Waals surface area contributed by atoms with Crippen molar-refractivity contribution in [2.24, 2.45) is 5.41 Å². The summed E-state index contributed by atoms with van der Waals surface area (Å²) in [5.74, 6) is 0. The maximum absolute atomic E-state index is 11.1. The Morgan fingerprint density at radius 2 is 1.73 bits per heavy atom. The minimum atomic E-state index is -0.205. The van der Waals surface area contributed by atoms with Gasteiger partial charge in [-0.25, -0.2) is 0 Å². The second kappa shape index (κ2) is 4.67. The summed E-state index contributed by atoms with van der Waals surface area (Å²) in [6, 6.07) is 9.92. The van der Waals surface area contributed by atoms with E-state index in [1.54, 1.807) is 6.08 Å². The molecule has 0 aliphatic carbocycles. The summed E-state index contributed by atoms with van der Waals surface area (Å²) >= 11 is 3.80. The van der Waals surface area contributed by atoms with E-state index in [9.17, 15) is 4.79 Å². The SMILES string of the molecule is CC(C)(C)C(=CC(=O)S)c1ccccc1. The third kappa shape index (κ3) is 3.56. The summed E-state index contributed by atoms with van der Waals surface area (Å²) in [6.45, 7) is 6.26. The average Bonchev–Trinajstić information content (AvgIpc) is 2.14. The van der Waals surface area contributed by atoms with Crippen molar-refractivity contribution in [3.8, 4) is 0 Å². The highest BCUT2D eigenvalue weighted by molar-refractivity contribution is 7.97. The van der Waals surface area contributed by atoms with E-state index in [0.29, 0.717) is 0 Å². The Morgan fingerprint density at radius 1 is 1.20 bits per heavy atom. The molecule has 0 amide bonds. The fraction of sp³-hybridized carbons (Fsp3) is 0.308. The molecule has 0 aliphatic rings. The molecule has 80 valence electrons. The summed E-state index contributed by atoms with van der Waals surface area (Å²) in [4.78, 5) is 11.1. The Kier molecular flexibility index (Phi) is 3.75. The zero-order valence-electron chi connectivity index (χ0n) is 9.32. The monoisotopic (exact) mass is 220 g/mol. The highest BCUT2D eigenvalue weighted by Gasteiger charge is 2.19. The lowest BCUT2D eigenvalue weighted by Crippen LogP contribution is -2.09. The molecule has 1 aromatic rings. The van der Waals surface area contributed by atoms with Crippen LogP contribution < -0.4 is 0 Å². The first-order chi connectivity index (χ1) is 6.91. The highest BCUT2D eigenvalue weighted by Crippen LogP contribution is 2.33. The third-order valence-electron chi connectivity index (χ3n) is 2.16. The molecular weight excluding hydrogens is 204 g/mol. The molecule has 2 heteroatoms. The van der Waals surface area contributed by atoms with Crippen LogP contribution in [0.5, 0.6) is 0 Å². The predicted molar refractivity (Wildman–Crippen MR) is 67.9 cm³/mol. The Hall–Kier alpha value is -1.02. The van der Waals surface area contributed by atoms with Crippen molar-refractivity contribution in [2.75, 3.05) is 0 Å². The molecule has 1 rings (SSSR count). The average molecular weight is 220 g/mol. The minimum absolute atomic E-state index is 0.0558. The van der Waals surface area contributed by atoms with Crippen LogP contribution in [-0.4, -0.2) is 5.12 Å². The number of benzene rings is 1. The fourth-order valence-corrected chi connectivity index (χ4v) is 1.60. The van der Waals surface area contributed by atoms with Gasteiger partial charge in [-0.2, -0.15) is 0 Å². The second-order valence-corrected chi connectivity index (χ2v) is 4.95. The summed E-state index contributed by atoms with van der Waals surface area (Å²) in [6.07, 6.45) is 1.60. The number of allylic oxidation sites excluding steroid dienone is 1. The molecule has 15 heavy (non-hydrogen) atoms. The first kappa shape index (κ1) is 12.1. The standard InChI is InChI=1S/C13H16OS/c1-13(2,3)11(9-12(14)15)10-7-5-4-6-8-10/h4-9H,1-3H3,(H,14,15). The van der Waals surface area contributed by atoms with Gasteiger partial charge in [-0.15, -0.1) is 12.6 Å². The van der Waals surface area contributed by atoms with Gasteiger partial charge in [0.25, 0.3) is 0 Å². The fourth-order valence-electron chi connectivity index (χ4n) is 1.47. The summed E-state index contributed by atoms with van der Waals surface area (Å²) < 4.78 is 0. The van der Waals surface area contributed by atoms with E-state index < -0.39 is 0 Å². The third-order valence-corrected chi connectivity index (χ3v) is 2.29. The first-order valence-corrected chi connectivity index (χ1v) is 5.36. The van der Waals surface area contributed by atoms with Crippen LogP contribution in [0.1, 0.15) is 26.3 Å². The molecule has 0 spiro atoms. The molecule has 0 atom stereocenters. The quantitative estimate of drug-likeness (QED) is 0.595. The van der Waals surface area contributed by atoms with Crippen LogP contribution >= 0.6 is 12.6 Å². The van der Waals surface area contributed by atoms with Crippen molar-refractivity contribution in [2.45, 2.75) is 20.8 Å². The molecular formula is C13H16OS. The molecule has 0 unspecified atom stereocenters. The van der Waals surface area contributed by atoms with Crippen molar-refractivity contribution in [3.63, 3.8) is 0 Å². The summed E-state index contributed by atoms with van der Waals surface area (Å²) in [5, 5.41) is -0.205. The number of carbonyl (C=O) groups is 1. The Balaban J connectivity index is 3.20. The van der Waals surface area contributed by atoms with Gasteiger partial charge in [0.1, 0.15) is 0 Å². The molecule has 0 heterocycles. The van der Waals surface area contributed by atoms with Gasteiger partial charge in [-0.1, -0.05) is 51.1 Å². The van der Waals surface area contributed by atoms with Crippen LogP contribution in [0.2, 0.25) is 0 Å². The topological polar surface area (TPSA) is 17.1 Å². The van der Waals surface area contributed by atoms with E-state index in [2.05, 4.69) is 33.4 Å². The van der Waals surface area contributed by atoms with Gasteiger partial charge in [0.15, 0.2) is 0 Å². The first-order valence-electron chi connectivity index (χ1n) is 4.92. The van der Waals surface area contributed by atoms with Crippen molar-refractivity contribution in [3.05, 3.63) is 42.0 Å². The predicted octanol–water partition coefficient (Wildman–Crippen LogP) is 3.57. The number of carbonyl (C=O) groups excluding carboxylic acids is 1. The zero-order chi connectivity index (χ0) is 11.5. The normalized spacial score (nSPS) is 12.7. The van der Waals surface area contributed by atoms with Crippen LogP contribution in [0.15, 0.2) is 36.4 Å². The lowest BCUT2D eigenvalue weighted by Gasteiger charge is -2.23. The van der Waals surface area contributed by atoms with E-state index in [4.69, 9.17) is 0 Å². The van der Waals surface area contributed by atoms with Crippen LogP contribution in [0.4, 0.5) is 0 Å². The van der Waals surface area contributed by atoms with Crippen LogP contribution in [0, 0.1) is 5.41 Å². The van der Waals surface area contributed by atoms with E-state index >= 15 is 0 Å². The van der Waals surface area contributed by atoms with Gasteiger partial charge < -0.3 is 0 Å². The van der Waals surface area contributed by atoms with E-state index in [1.165, 1.54) is 0 Å². The van der Waals surface area contributed by atoms with Crippen molar-refractivity contribution in [1.29, 1.82) is 0 Å². The lowest BCUT2D eigenvalue weighted by atomic mass is 9.82. The van der Waals surface area contributed by atoms with Crippen molar-refractivity contribution >= 4 is 23.3 Å². The summed E-state index contributed by atoms with van der Waals surface area (Å²) in [7, 11) is 0. The molecule has 0 aromatic heterocycles. The Labute approximate surface area is 96.6 Å². The molecule has 0 N–H and O–H groups in total. The highest BCUT2D eigenvalue weighted by atomic mass is 32.1. The number of rotatable bonds is 2. The number of hydrogen-bond acceptors (Lipinski definition) is 1. The maximum Gasteiger partial charge on any atom is 0.209 e.